The van der Waals surface area contributed by atoms with E-state index >= 15 is 0 Å². The van der Waals surface area contributed by atoms with Crippen LogP contribution in [0.15, 0.2) is 40.8 Å². The van der Waals surface area contributed by atoms with Gasteiger partial charge in [0.2, 0.25) is 0 Å². The fourth-order valence-electron chi connectivity index (χ4n) is 1.76. The lowest BCUT2D eigenvalue weighted by molar-refractivity contribution is 0.217. The summed E-state index contributed by atoms with van der Waals surface area (Å²) in [5, 5.41) is 3.33. The van der Waals surface area contributed by atoms with Gasteiger partial charge in [0, 0.05) is 11.8 Å². The minimum atomic E-state index is 0.239. The third-order valence-corrected chi connectivity index (χ3v) is 3.01. The Morgan fingerprint density at radius 3 is 2.79 bits per heavy atom. The zero-order chi connectivity index (χ0) is 13.7. The third kappa shape index (κ3) is 4.05. The second-order valence-corrected chi connectivity index (χ2v) is 4.73. The second kappa shape index (κ2) is 6.32. The van der Waals surface area contributed by atoms with Crippen molar-refractivity contribution in [2.75, 3.05) is 5.32 Å². The molecule has 0 radical (unpaired) electrons. The van der Waals surface area contributed by atoms with Gasteiger partial charge in [0.1, 0.15) is 17.3 Å². The topological polar surface area (TPSA) is 34.4 Å². The van der Waals surface area contributed by atoms with E-state index in [9.17, 15) is 0 Å². The number of hydrogen-bond acceptors (Lipinski definition) is 3. The number of aryl methyl sites for hydroxylation is 1. The Kier molecular flexibility index (Phi) is 4.50. The molecule has 3 heteroatoms. The van der Waals surface area contributed by atoms with Crippen LogP contribution in [0, 0.1) is 6.92 Å². The SMILES string of the molecule is CCC(C)Oc1cccc(NCc2ccc(C)o2)c1. The first-order chi connectivity index (χ1) is 9.17. The molecule has 1 atom stereocenters. The summed E-state index contributed by atoms with van der Waals surface area (Å²) >= 11 is 0. The van der Waals surface area contributed by atoms with E-state index in [1.165, 1.54) is 0 Å². The Morgan fingerprint density at radius 2 is 2.11 bits per heavy atom. The molecule has 0 spiro atoms. The number of furan rings is 1. The van der Waals surface area contributed by atoms with Crippen molar-refractivity contribution in [1.29, 1.82) is 0 Å². The number of benzene rings is 1. The summed E-state index contributed by atoms with van der Waals surface area (Å²) in [6, 6.07) is 12.0. The number of hydrogen-bond donors (Lipinski definition) is 1. The number of nitrogens with one attached hydrogen (secondary N) is 1. The Balaban J connectivity index is 1.95. The number of ether oxygens (including phenoxy) is 1. The van der Waals surface area contributed by atoms with Gasteiger partial charge in [-0.05, 0) is 44.5 Å². The molecule has 0 aliphatic heterocycles. The average molecular weight is 259 g/mol. The monoisotopic (exact) mass is 259 g/mol. The van der Waals surface area contributed by atoms with E-state index in [0.717, 1.165) is 29.4 Å². The zero-order valence-electron chi connectivity index (χ0n) is 11.8. The predicted molar refractivity (Wildman–Crippen MR) is 77.6 cm³/mol. The molecular weight excluding hydrogens is 238 g/mol. The standard InChI is InChI=1S/C16H21NO2/c1-4-12(2)18-15-7-5-6-14(10-15)17-11-16-9-8-13(3)19-16/h5-10,12,17H,4,11H2,1-3H3. The molecule has 0 saturated carbocycles. The molecule has 1 heterocycles. The Morgan fingerprint density at radius 1 is 1.26 bits per heavy atom. The van der Waals surface area contributed by atoms with Crippen molar-refractivity contribution in [2.24, 2.45) is 0 Å². The van der Waals surface area contributed by atoms with Crippen LogP contribution in [0.5, 0.6) is 5.75 Å². The van der Waals surface area contributed by atoms with Crippen LogP contribution < -0.4 is 10.1 Å². The van der Waals surface area contributed by atoms with Crippen LogP contribution in [0.3, 0.4) is 0 Å². The highest BCUT2D eigenvalue weighted by Gasteiger charge is 2.03. The molecule has 0 bridgehead atoms. The van der Waals surface area contributed by atoms with E-state index in [2.05, 4.69) is 19.2 Å². The molecule has 1 aromatic heterocycles. The number of anilines is 1. The van der Waals surface area contributed by atoms with Gasteiger partial charge in [-0.15, -0.1) is 0 Å². The van der Waals surface area contributed by atoms with E-state index in [1.807, 2.05) is 43.3 Å². The molecule has 0 saturated heterocycles. The largest absolute Gasteiger partial charge is 0.491 e. The van der Waals surface area contributed by atoms with E-state index < -0.39 is 0 Å². The molecule has 0 fully saturated rings. The molecule has 0 aliphatic rings. The molecule has 0 amide bonds. The first kappa shape index (κ1) is 13.5. The van der Waals surface area contributed by atoms with Crippen molar-refractivity contribution in [3.63, 3.8) is 0 Å². The van der Waals surface area contributed by atoms with Crippen LogP contribution in [0.25, 0.3) is 0 Å². The fourth-order valence-corrected chi connectivity index (χ4v) is 1.76. The van der Waals surface area contributed by atoms with Gasteiger partial charge in [0.05, 0.1) is 12.6 Å². The van der Waals surface area contributed by atoms with Gasteiger partial charge in [-0.2, -0.15) is 0 Å². The second-order valence-electron chi connectivity index (χ2n) is 4.73. The van der Waals surface area contributed by atoms with Crippen LogP contribution >= 0.6 is 0 Å². The van der Waals surface area contributed by atoms with E-state index in [4.69, 9.17) is 9.15 Å². The summed E-state index contributed by atoms with van der Waals surface area (Å²) in [5.41, 5.74) is 1.04. The summed E-state index contributed by atoms with van der Waals surface area (Å²) in [6.07, 6.45) is 1.24. The van der Waals surface area contributed by atoms with Crippen molar-refractivity contribution >= 4 is 5.69 Å². The van der Waals surface area contributed by atoms with Gasteiger partial charge in [0.25, 0.3) is 0 Å². The normalized spacial score (nSPS) is 12.2. The molecule has 1 unspecified atom stereocenters. The maximum atomic E-state index is 5.80. The minimum Gasteiger partial charge on any atom is -0.491 e. The lowest BCUT2D eigenvalue weighted by atomic mass is 10.2. The van der Waals surface area contributed by atoms with Crippen molar-refractivity contribution in [3.05, 3.63) is 47.9 Å². The smallest absolute Gasteiger partial charge is 0.123 e. The highest BCUT2D eigenvalue weighted by molar-refractivity contribution is 5.48. The van der Waals surface area contributed by atoms with Gasteiger partial charge in [0.15, 0.2) is 0 Å². The summed E-state index contributed by atoms with van der Waals surface area (Å²) < 4.78 is 11.3. The predicted octanol–water partition coefficient (Wildman–Crippen LogP) is 4.38. The van der Waals surface area contributed by atoms with E-state index in [0.29, 0.717) is 6.54 Å². The molecule has 0 aliphatic carbocycles. The Bertz CT molecular complexity index is 519. The minimum absolute atomic E-state index is 0.239. The first-order valence-electron chi connectivity index (χ1n) is 6.73. The highest BCUT2D eigenvalue weighted by Crippen LogP contribution is 2.20. The van der Waals surface area contributed by atoms with Gasteiger partial charge < -0.3 is 14.5 Å². The highest BCUT2D eigenvalue weighted by atomic mass is 16.5. The molecule has 1 N–H and O–H groups in total. The van der Waals surface area contributed by atoms with Gasteiger partial charge in [-0.25, -0.2) is 0 Å². The van der Waals surface area contributed by atoms with Crippen LogP contribution in [-0.4, -0.2) is 6.10 Å². The van der Waals surface area contributed by atoms with Crippen LogP contribution in [0.1, 0.15) is 31.8 Å². The molecule has 3 nitrogen and oxygen atoms in total. The van der Waals surface area contributed by atoms with Gasteiger partial charge in [-0.3, -0.25) is 0 Å². The summed E-state index contributed by atoms with van der Waals surface area (Å²) in [4.78, 5) is 0. The first-order valence-corrected chi connectivity index (χ1v) is 6.73. The van der Waals surface area contributed by atoms with Crippen molar-refractivity contribution in [3.8, 4) is 5.75 Å². The maximum absolute atomic E-state index is 5.80. The fraction of sp³-hybridized carbons (Fsp3) is 0.375. The summed E-state index contributed by atoms with van der Waals surface area (Å²) in [6.45, 7) is 6.82. The van der Waals surface area contributed by atoms with Gasteiger partial charge >= 0.3 is 0 Å². The van der Waals surface area contributed by atoms with Crippen LogP contribution in [-0.2, 0) is 6.54 Å². The quantitative estimate of drug-likeness (QED) is 0.836. The van der Waals surface area contributed by atoms with E-state index in [-0.39, 0.29) is 6.10 Å². The Labute approximate surface area is 114 Å². The van der Waals surface area contributed by atoms with E-state index in [1.54, 1.807) is 0 Å². The zero-order valence-corrected chi connectivity index (χ0v) is 11.8. The average Bonchev–Trinajstić information content (AvgIpc) is 2.82. The maximum Gasteiger partial charge on any atom is 0.123 e. The van der Waals surface area contributed by atoms with Gasteiger partial charge in [-0.1, -0.05) is 13.0 Å². The third-order valence-electron chi connectivity index (χ3n) is 3.01. The van der Waals surface area contributed by atoms with Crippen molar-refractivity contribution in [2.45, 2.75) is 39.8 Å². The molecular formula is C16H21NO2. The number of rotatable bonds is 6. The lowest BCUT2D eigenvalue weighted by Gasteiger charge is -2.13. The molecule has 2 rings (SSSR count). The molecule has 2 aromatic rings. The van der Waals surface area contributed by atoms with Crippen molar-refractivity contribution < 1.29 is 9.15 Å². The van der Waals surface area contributed by atoms with Crippen LogP contribution in [0.4, 0.5) is 5.69 Å². The summed E-state index contributed by atoms with van der Waals surface area (Å²) in [7, 11) is 0. The molecule has 1 aromatic carbocycles. The molecule has 102 valence electrons. The van der Waals surface area contributed by atoms with Crippen LogP contribution in [0.2, 0.25) is 0 Å². The summed E-state index contributed by atoms with van der Waals surface area (Å²) in [5.74, 6) is 2.77. The lowest BCUT2D eigenvalue weighted by Crippen LogP contribution is -2.09. The Hall–Kier alpha value is -1.90. The molecule has 19 heavy (non-hydrogen) atoms. The van der Waals surface area contributed by atoms with Crippen molar-refractivity contribution in [1.82, 2.24) is 0 Å².